The molecule has 5 rings (SSSR count). The maximum atomic E-state index is 13.4. The van der Waals surface area contributed by atoms with Crippen molar-refractivity contribution in [3.63, 3.8) is 0 Å². The first-order chi connectivity index (χ1) is 16.6. The lowest BCUT2D eigenvalue weighted by atomic mass is 10.0. The van der Waals surface area contributed by atoms with Crippen LogP contribution in [0, 0.1) is 0 Å². The van der Waals surface area contributed by atoms with E-state index in [1.165, 1.54) is 0 Å². The van der Waals surface area contributed by atoms with Crippen LogP contribution in [0.25, 0.3) is 22.2 Å². The summed E-state index contributed by atoms with van der Waals surface area (Å²) in [6, 6.07) is 22.0. The first-order valence-electron chi connectivity index (χ1n) is 11.1. The standard InChI is InChI=1S/C27H23N3O4/c1-2-26(31)28-18-6-5-7-19(15-18)29-27(32)21-16-23(30-22-9-4-3-8-20(21)22)17-10-11-24-25(14-17)34-13-12-33-24/h3-11,14-16H,2,12-13H2,1H3,(H,28,31)(H,29,32). The molecule has 1 aromatic heterocycles. The predicted octanol–water partition coefficient (Wildman–Crippen LogP) is 5.27. The fourth-order valence-electron chi connectivity index (χ4n) is 3.84. The Morgan fingerprint density at radius 2 is 1.62 bits per heavy atom. The first kappa shape index (κ1) is 21.5. The van der Waals surface area contributed by atoms with E-state index < -0.39 is 0 Å². The van der Waals surface area contributed by atoms with Gasteiger partial charge in [0, 0.05) is 28.7 Å². The van der Waals surface area contributed by atoms with E-state index in [0.717, 1.165) is 10.9 Å². The maximum Gasteiger partial charge on any atom is 0.256 e. The van der Waals surface area contributed by atoms with E-state index in [-0.39, 0.29) is 11.8 Å². The van der Waals surface area contributed by atoms with E-state index >= 15 is 0 Å². The van der Waals surface area contributed by atoms with Crippen molar-refractivity contribution in [3.8, 4) is 22.8 Å². The molecule has 1 aliphatic heterocycles. The van der Waals surface area contributed by atoms with Crippen LogP contribution in [-0.4, -0.2) is 30.0 Å². The molecule has 0 saturated heterocycles. The van der Waals surface area contributed by atoms with Gasteiger partial charge in [0.25, 0.3) is 5.91 Å². The molecule has 170 valence electrons. The fraction of sp³-hybridized carbons (Fsp3) is 0.148. The molecule has 0 fully saturated rings. The van der Waals surface area contributed by atoms with Crippen LogP contribution >= 0.6 is 0 Å². The molecule has 34 heavy (non-hydrogen) atoms. The number of carbonyl (C=O) groups is 2. The van der Waals surface area contributed by atoms with E-state index in [9.17, 15) is 9.59 Å². The average molecular weight is 453 g/mol. The molecule has 7 heteroatoms. The third kappa shape index (κ3) is 4.41. The second kappa shape index (κ2) is 9.23. The van der Waals surface area contributed by atoms with Gasteiger partial charge in [-0.15, -0.1) is 0 Å². The highest BCUT2D eigenvalue weighted by atomic mass is 16.6. The topological polar surface area (TPSA) is 89.6 Å². The second-order valence-electron chi connectivity index (χ2n) is 7.87. The minimum absolute atomic E-state index is 0.0901. The van der Waals surface area contributed by atoms with Crippen molar-refractivity contribution in [2.45, 2.75) is 13.3 Å². The van der Waals surface area contributed by atoms with Crippen LogP contribution in [0.2, 0.25) is 0 Å². The molecule has 0 saturated carbocycles. The Morgan fingerprint density at radius 3 is 2.44 bits per heavy atom. The summed E-state index contributed by atoms with van der Waals surface area (Å²) in [6.45, 7) is 2.80. The van der Waals surface area contributed by atoms with Gasteiger partial charge in [-0.2, -0.15) is 0 Å². The van der Waals surface area contributed by atoms with Crippen molar-refractivity contribution < 1.29 is 19.1 Å². The molecule has 7 nitrogen and oxygen atoms in total. The van der Waals surface area contributed by atoms with E-state index in [1.807, 2.05) is 42.5 Å². The Balaban J connectivity index is 1.50. The normalized spacial score (nSPS) is 12.3. The van der Waals surface area contributed by atoms with Crippen molar-refractivity contribution in [2.24, 2.45) is 0 Å². The SMILES string of the molecule is CCC(=O)Nc1cccc(NC(=O)c2cc(-c3ccc4c(c3)OCCO4)nc3ccccc23)c1. The van der Waals surface area contributed by atoms with Gasteiger partial charge < -0.3 is 20.1 Å². The third-order valence-electron chi connectivity index (χ3n) is 5.52. The summed E-state index contributed by atoms with van der Waals surface area (Å²) in [5.74, 6) is 1.00. The number of anilines is 2. The molecule has 0 bridgehead atoms. The van der Waals surface area contributed by atoms with Gasteiger partial charge in [0.1, 0.15) is 13.2 Å². The zero-order chi connectivity index (χ0) is 23.5. The number of para-hydroxylation sites is 1. The van der Waals surface area contributed by atoms with E-state index in [0.29, 0.717) is 59.3 Å². The molecular formula is C27H23N3O4. The Hall–Kier alpha value is -4.39. The molecule has 2 amide bonds. The second-order valence-corrected chi connectivity index (χ2v) is 7.87. The zero-order valence-corrected chi connectivity index (χ0v) is 18.6. The average Bonchev–Trinajstić information content (AvgIpc) is 2.87. The van der Waals surface area contributed by atoms with Crippen molar-refractivity contribution >= 4 is 34.1 Å². The molecule has 0 unspecified atom stereocenters. The number of rotatable bonds is 5. The number of ether oxygens (including phenoxy) is 2. The van der Waals surface area contributed by atoms with Gasteiger partial charge in [-0.1, -0.05) is 31.2 Å². The van der Waals surface area contributed by atoms with Crippen LogP contribution < -0.4 is 20.1 Å². The number of hydrogen-bond donors (Lipinski definition) is 2. The summed E-state index contributed by atoms with van der Waals surface area (Å²) in [5.41, 5.74) is 3.91. The van der Waals surface area contributed by atoms with Gasteiger partial charge >= 0.3 is 0 Å². The van der Waals surface area contributed by atoms with Gasteiger partial charge in [-0.25, -0.2) is 4.98 Å². The smallest absolute Gasteiger partial charge is 0.256 e. The molecule has 0 aliphatic carbocycles. The Labute approximate surface area is 196 Å². The van der Waals surface area contributed by atoms with Gasteiger partial charge in [-0.05, 0) is 48.5 Å². The number of nitrogens with zero attached hydrogens (tertiary/aromatic N) is 1. The number of hydrogen-bond acceptors (Lipinski definition) is 5. The summed E-state index contributed by atoms with van der Waals surface area (Å²) in [5, 5.41) is 6.50. The van der Waals surface area contributed by atoms with Crippen LogP contribution in [0.15, 0.2) is 72.8 Å². The first-order valence-corrected chi connectivity index (χ1v) is 11.1. The largest absolute Gasteiger partial charge is 0.486 e. The molecule has 0 spiro atoms. The summed E-state index contributed by atoms with van der Waals surface area (Å²) in [6.07, 6.45) is 0.377. The lowest BCUT2D eigenvalue weighted by molar-refractivity contribution is -0.115. The zero-order valence-electron chi connectivity index (χ0n) is 18.6. The van der Waals surface area contributed by atoms with Gasteiger partial charge in [0.15, 0.2) is 11.5 Å². The Morgan fingerprint density at radius 1 is 0.853 bits per heavy atom. The van der Waals surface area contributed by atoms with Crippen molar-refractivity contribution in [2.75, 3.05) is 23.8 Å². The molecule has 2 heterocycles. The molecule has 3 aromatic carbocycles. The number of pyridine rings is 1. The number of aromatic nitrogens is 1. The van der Waals surface area contributed by atoms with Crippen LogP contribution in [0.4, 0.5) is 11.4 Å². The highest BCUT2D eigenvalue weighted by molar-refractivity contribution is 6.13. The fourth-order valence-corrected chi connectivity index (χ4v) is 3.84. The van der Waals surface area contributed by atoms with E-state index in [1.54, 1.807) is 37.3 Å². The lowest BCUT2D eigenvalue weighted by Crippen LogP contribution is -2.15. The van der Waals surface area contributed by atoms with E-state index in [2.05, 4.69) is 10.6 Å². The Bertz CT molecular complexity index is 1400. The monoisotopic (exact) mass is 453 g/mol. The molecular weight excluding hydrogens is 430 g/mol. The number of nitrogens with one attached hydrogen (secondary N) is 2. The van der Waals surface area contributed by atoms with Gasteiger partial charge in [-0.3, -0.25) is 9.59 Å². The molecule has 4 aromatic rings. The quantitative estimate of drug-likeness (QED) is 0.429. The number of carbonyl (C=O) groups excluding carboxylic acids is 2. The number of fused-ring (bicyclic) bond motifs is 2. The number of benzene rings is 3. The molecule has 0 radical (unpaired) electrons. The molecule has 0 atom stereocenters. The predicted molar refractivity (Wildman–Crippen MR) is 131 cm³/mol. The van der Waals surface area contributed by atoms with Crippen LogP contribution in [0.1, 0.15) is 23.7 Å². The lowest BCUT2D eigenvalue weighted by Gasteiger charge is -2.19. The van der Waals surface area contributed by atoms with Crippen molar-refractivity contribution in [1.82, 2.24) is 4.98 Å². The summed E-state index contributed by atoms with van der Waals surface area (Å²) in [7, 11) is 0. The third-order valence-corrected chi connectivity index (χ3v) is 5.52. The van der Waals surface area contributed by atoms with Crippen LogP contribution in [0.5, 0.6) is 11.5 Å². The van der Waals surface area contributed by atoms with Gasteiger partial charge in [0.2, 0.25) is 5.91 Å². The van der Waals surface area contributed by atoms with Gasteiger partial charge in [0.05, 0.1) is 16.8 Å². The summed E-state index contributed by atoms with van der Waals surface area (Å²) >= 11 is 0. The Kier molecular flexibility index (Phi) is 5.82. The number of amides is 2. The maximum absolute atomic E-state index is 13.4. The highest BCUT2D eigenvalue weighted by Crippen LogP contribution is 2.35. The van der Waals surface area contributed by atoms with Crippen LogP contribution in [0.3, 0.4) is 0 Å². The molecule has 1 aliphatic rings. The summed E-state index contributed by atoms with van der Waals surface area (Å²) in [4.78, 5) is 29.9. The van der Waals surface area contributed by atoms with E-state index in [4.69, 9.17) is 14.5 Å². The highest BCUT2D eigenvalue weighted by Gasteiger charge is 2.17. The summed E-state index contributed by atoms with van der Waals surface area (Å²) < 4.78 is 11.3. The molecule has 2 N–H and O–H groups in total. The van der Waals surface area contributed by atoms with Crippen LogP contribution in [-0.2, 0) is 4.79 Å². The van der Waals surface area contributed by atoms with Crippen molar-refractivity contribution in [3.05, 3.63) is 78.4 Å². The minimum atomic E-state index is -0.267. The minimum Gasteiger partial charge on any atom is -0.486 e. The van der Waals surface area contributed by atoms with Crippen molar-refractivity contribution in [1.29, 1.82) is 0 Å².